The highest BCUT2D eigenvalue weighted by Crippen LogP contribution is 2.24. The highest BCUT2D eigenvalue weighted by Gasteiger charge is 2.19. The SMILES string of the molecule is COc1cccc(-c2cccc(CNC(=O)C3CCCCN3)c2)c1. The molecule has 24 heavy (non-hydrogen) atoms. The number of benzene rings is 2. The van der Waals surface area contributed by atoms with Crippen LogP contribution in [0.2, 0.25) is 0 Å². The zero-order chi connectivity index (χ0) is 16.8. The Morgan fingerprint density at radius 3 is 2.71 bits per heavy atom. The number of ether oxygens (including phenoxy) is 1. The molecule has 2 aromatic carbocycles. The Hall–Kier alpha value is -2.33. The molecule has 1 unspecified atom stereocenters. The predicted octanol–water partition coefficient (Wildman–Crippen LogP) is 3.12. The van der Waals surface area contributed by atoms with Crippen LogP contribution in [0.15, 0.2) is 48.5 Å². The largest absolute Gasteiger partial charge is 0.497 e. The molecule has 4 heteroatoms. The first-order chi connectivity index (χ1) is 11.8. The summed E-state index contributed by atoms with van der Waals surface area (Å²) in [5, 5.41) is 6.32. The Labute approximate surface area is 143 Å². The molecule has 1 fully saturated rings. The van der Waals surface area contributed by atoms with Gasteiger partial charge in [0.1, 0.15) is 5.75 Å². The third-order valence-corrected chi connectivity index (χ3v) is 4.42. The van der Waals surface area contributed by atoms with Crippen molar-refractivity contribution < 1.29 is 9.53 Å². The second kappa shape index (κ2) is 7.97. The van der Waals surface area contributed by atoms with Crippen LogP contribution >= 0.6 is 0 Å². The van der Waals surface area contributed by atoms with E-state index in [1.165, 1.54) is 0 Å². The van der Waals surface area contributed by atoms with Crippen LogP contribution in [0.5, 0.6) is 5.75 Å². The fourth-order valence-corrected chi connectivity index (χ4v) is 3.05. The topological polar surface area (TPSA) is 50.4 Å². The maximum absolute atomic E-state index is 12.2. The number of carbonyl (C=O) groups excluding carboxylic acids is 1. The average molecular weight is 324 g/mol. The number of hydrogen-bond acceptors (Lipinski definition) is 3. The smallest absolute Gasteiger partial charge is 0.237 e. The lowest BCUT2D eigenvalue weighted by atomic mass is 10.0. The summed E-state index contributed by atoms with van der Waals surface area (Å²) >= 11 is 0. The normalized spacial score (nSPS) is 17.3. The molecular weight excluding hydrogens is 300 g/mol. The molecule has 0 saturated carbocycles. The Kier molecular flexibility index (Phi) is 5.49. The van der Waals surface area contributed by atoms with Crippen LogP contribution in [0.3, 0.4) is 0 Å². The molecule has 3 rings (SSSR count). The number of amides is 1. The molecule has 1 saturated heterocycles. The van der Waals surface area contributed by atoms with Crippen molar-refractivity contribution in [3.8, 4) is 16.9 Å². The summed E-state index contributed by atoms with van der Waals surface area (Å²) in [4.78, 5) is 12.2. The first-order valence-electron chi connectivity index (χ1n) is 8.51. The van der Waals surface area contributed by atoms with Gasteiger partial charge in [-0.1, -0.05) is 36.8 Å². The maximum Gasteiger partial charge on any atom is 0.237 e. The second-order valence-electron chi connectivity index (χ2n) is 6.15. The van der Waals surface area contributed by atoms with Gasteiger partial charge >= 0.3 is 0 Å². The van der Waals surface area contributed by atoms with Gasteiger partial charge in [-0.05, 0) is 54.3 Å². The Morgan fingerprint density at radius 1 is 1.17 bits per heavy atom. The Morgan fingerprint density at radius 2 is 1.96 bits per heavy atom. The van der Waals surface area contributed by atoms with Gasteiger partial charge in [0.15, 0.2) is 0 Å². The van der Waals surface area contributed by atoms with E-state index in [0.29, 0.717) is 6.54 Å². The van der Waals surface area contributed by atoms with Gasteiger partial charge in [-0.2, -0.15) is 0 Å². The molecule has 0 aliphatic carbocycles. The summed E-state index contributed by atoms with van der Waals surface area (Å²) in [6, 6.07) is 16.2. The number of piperidine rings is 1. The summed E-state index contributed by atoms with van der Waals surface area (Å²) in [7, 11) is 1.67. The van der Waals surface area contributed by atoms with Crippen LogP contribution in [0.25, 0.3) is 11.1 Å². The third-order valence-electron chi connectivity index (χ3n) is 4.42. The molecule has 126 valence electrons. The minimum Gasteiger partial charge on any atom is -0.497 e. The molecule has 0 spiro atoms. The van der Waals surface area contributed by atoms with E-state index < -0.39 is 0 Å². The number of methoxy groups -OCH3 is 1. The highest BCUT2D eigenvalue weighted by atomic mass is 16.5. The van der Waals surface area contributed by atoms with Crippen LogP contribution in [-0.2, 0) is 11.3 Å². The van der Waals surface area contributed by atoms with Crippen molar-refractivity contribution in [2.75, 3.05) is 13.7 Å². The van der Waals surface area contributed by atoms with Crippen LogP contribution in [-0.4, -0.2) is 25.6 Å². The van der Waals surface area contributed by atoms with Gasteiger partial charge in [-0.25, -0.2) is 0 Å². The number of hydrogen-bond donors (Lipinski definition) is 2. The lowest BCUT2D eigenvalue weighted by Gasteiger charge is -2.22. The molecular formula is C20H24N2O2. The molecule has 0 radical (unpaired) electrons. The Balaban J connectivity index is 1.65. The molecule has 1 atom stereocenters. The van der Waals surface area contributed by atoms with Crippen LogP contribution in [0.4, 0.5) is 0 Å². The summed E-state index contributed by atoms with van der Waals surface area (Å²) in [6.45, 7) is 1.48. The summed E-state index contributed by atoms with van der Waals surface area (Å²) in [6.07, 6.45) is 3.21. The van der Waals surface area contributed by atoms with Gasteiger partial charge in [0.25, 0.3) is 0 Å². The zero-order valence-corrected chi connectivity index (χ0v) is 14.0. The van der Waals surface area contributed by atoms with Crippen molar-refractivity contribution in [2.45, 2.75) is 31.8 Å². The van der Waals surface area contributed by atoms with Gasteiger partial charge in [-0.15, -0.1) is 0 Å². The maximum atomic E-state index is 12.2. The molecule has 2 N–H and O–H groups in total. The minimum absolute atomic E-state index is 0.0414. The van der Waals surface area contributed by atoms with Crippen LogP contribution in [0.1, 0.15) is 24.8 Å². The average Bonchev–Trinajstić information content (AvgIpc) is 2.67. The lowest BCUT2D eigenvalue weighted by Crippen LogP contribution is -2.46. The lowest BCUT2D eigenvalue weighted by molar-refractivity contribution is -0.123. The van der Waals surface area contributed by atoms with E-state index >= 15 is 0 Å². The van der Waals surface area contributed by atoms with Gasteiger partial charge < -0.3 is 15.4 Å². The van der Waals surface area contributed by atoms with E-state index in [1.54, 1.807) is 7.11 Å². The molecule has 1 aliphatic rings. The second-order valence-corrected chi connectivity index (χ2v) is 6.15. The van der Waals surface area contributed by atoms with Crippen molar-refractivity contribution in [2.24, 2.45) is 0 Å². The molecule has 1 amide bonds. The standard InChI is InChI=1S/C20H24N2O2/c1-24-18-9-5-8-17(13-18)16-7-4-6-15(12-16)14-22-20(23)19-10-2-3-11-21-19/h4-9,12-13,19,21H,2-3,10-11,14H2,1H3,(H,22,23). The number of nitrogens with one attached hydrogen (secondary N) is 2. The van der Waals surface area contributed by atoms with E-state index in [1.807, 2.05) is 30.3 Å². The van der Waals surface area contributed by atoms with Crippen molar-refractivity contribution in [3.63, 3.8) is 0 Å². The van der Waals surface area contributed by atoms with Gasteiger partial charge in [0.2, 0.25) is 5.91 Å². The van der Waals surface area contributed by atoms with E-state index in [2.05, 4.69) is 28.8 Å². The van der Waals surface area contributed by atoms with Crippen molar-refractivity contribution >= 4 is 5.91 Å². The van der Waals surface area contributed by atoms with E-state index in [4.69, 9.17) is 4.74 Å². The third kappa shape index (κ3) is 4.15. The Bertz CT molecular complexity index is 694. The summed E-state index contributed by atoms with van der Waals surface area (Å²) in [5.41, 5.74) is 3.33. The van der Waals surface area contributed by atoms with Crippen molar-refractivity contribution in [1.82, 2.24) is 10.6 Å². The van der Waals surface area contributed by atoms with E-state index in [9.17, 15) is 4.79 Å². The zero-order valence-electron chi connectivity index (χ0n) is 14.0. The molecule has 4 nitrogen and oxygen atoms in total. The first kappa shape index (κ1) is 16.5. The van der Waals surface area contributed by atoms with Crippen LogP contribution in [0, 0.1) is 0 Å². The fraction of sp³-hybridized carbons (Fsp3) is 0.350. The van der Waals surface area contributed by atoms with E-state index in [-0.39, 0.29) is 11.9 Å². The summed E-state index contributed by atoms with van der Waals surface area (Å²) in [5.74, 6) is 0.941. The number of rotatable bonds is 5. The molecule has 0 aromatic heterocycles. The number of carbonyl (C=O) groups is 1. The minimum atomic E-state index is -0.0414. The molecule has 0 bridgehead atoms. The highest BCUT2D eigenvalue weighted by molar-refractivity contribution is 5.81. The molecule has 1 heterocycles. The van der Waals surface area contributed by atoms with Crippen LogP contribution < -0.4 is 15.4 Å². The molecule has 1 aliphatic heterocycles. The van der Waals surface area contributed by atoms with Gasteiger partial charge in [-0.3, -0.25) is 4.79 Å². The fourth-order valence-electron chi connectivity index (χ4n) is 3.05. The monoisotopic (exact) mass is 324 g/mol. The van der Waals surface area contributed by atoms with E-state index in [0.717, 1.165) is 48.2 Å². The van der Waals surface area contributed by atoms with Crippen molar-refractivity contribution in [3.05, 3.63) is 54.1 Å². The predicted molar refractivity (Wildman–Crippen MR) is 95.9 cm³/mol. The first-order valence-corrected chi connectivity index (χ1v) is 8.51. The van der Waals surface area contributed by atoms with Crippen molar-refractivity contribution in [1.29, 1.82) is 0 Å². The van der Waals surface area contributed by atoms with Gasteiger partial charge in [0, 0.05) is 6.54 Å². The molecule has 2 aromatic rings. The quantitative estimate of drug-likeness (QED) is 0.888. The summed E-state index contributed by atoms with van der Waals surface area (Å²) < 4.78 is 5.29. The van der Waals surface area contributed by atoms with Gasteiger partial charge in [0.05, 0.1) is 13.2 Å².